The first-order chi connectivity index (χ1) is 5.77. The number of likely N-dealkylation sites (tertiary alicyclic amines) is 1. The third kappa shape index (κ3) is 1.96. The number of piperidine rings is 1. The van der Waals surface area contributed by atoms with Gasteiger partial charge < -0.3 is 9.64 Å². The predicted molar refractivity (Wildman–Crippen MR) is 42.4 cm³/mol. The third-order valence-corrected chi connectivity index (χ3v) is 2.14. The zero-order chi connectivity index (χ0) is 8.97. The zero-order valence-corrected chi connectivity index (χ0v) is 7.16. The first-order valence-electron chi connectivity index (χ1n) is 4.05. The number of hydrogen-bond acceptors (Lipinski definition) is 3. The fraction of sp³-hybridized carbons (Fsp3) is 0.750. The minimum atomic E-state index is -0.207. The Kier molecular flexibility index (Phi) is 3.08. The van der Waals surface area contributed by atoms with Gasteiger partial charge in [0.2, 0.25) is 6.41 Å². The third-order valence-electron chi connectivity index (χ3n) is 2.14. The number of rotatable bonds is 2. The molecule has 4 heteroatoms. The van der Waals surface area contributed by atoms with E-state index >= 15 is 0 Å². The Balaban J connectivity index is 2.45. The van der Waals surface area contributed by atoms with Crippen LogP contribution in [0.5, 0.6) is 0 Å². The largest absolute Gasteiger partial charge is 0.469 e. The number of carbonyl (C=O) groups excluding carboxylic acids is 2. The van der Waals surface area contributed by atoms with Gasteiger partial charge in [0.05, 0.1) is 13.0 Å². The molecule has 1 rings (SSSR count). The first-order valence-corrected chi connectivity index (χ1v) is 4.05. The number of nitrogens with zero attached hydrogens (tertiary/aromatic N) is 1. The van der Waals surface area contributed by atoms with Crippen molar-refractivity contribution in [3.05, 3.63) is 0 Å². The fourth-order valence-corrected chi connectivity index (χ4v) is 1.46. The van der Waals surface area contributed by atoms with Crippen LogP contribution in [-0.2, 0) is 14.3 Å². The van der Waals surface area contributed by atoms with Crippen molar-refractivity contribution in [2.75, 3.05) is 20.2 Å². The minimum absolute atomic E-state index is 0.117. The van der Waals surface area contributed by atoms with Crippen LogP contribution in [0.2, 0.25) is 0 Å². The Morgan fingerprint density at radius 1 is 1.67 bits per heavy atom. The molecule has 0 aliphatic carbocycles. The van der Waals surface area contributed by atoms with E-state index in [0.717, 1.165) is 25.8 Å². The molecule has 0 aromatic heterocycles. The topological polar surface area (TPSA) is 46.6 Å². The van der Waals surface area contributed by atoms with Gasteiger partial charge in [-0.05, 0) is 12.8 Å². The molecule has 1 aliphatic rings. The van der Waals surface area contributed by atoms with Gasteiger partial charge in [-0.15, -0.1) is 0 Å². The molecule has 1 amide bonds. The Morgan fingerprint density at radius 3 is 3.00 bits per heavy atom. The second-order valence-corrected chi connectivity index (χ2v) is 2.96. The molecule has 0 N–H and O–H groups in total. The quantitative estimate of drug-likeness (QED) is 0.435. The maximum Gasteiger partial charge on any atom is 0.310 e. The predicted octanol–water partition coefficient (Wildman–Crippen LogP) is 0.0278. The molecule has 1 saturated heterocycles. The van der Waals surface area contributed by atoms with Gasteiger partial charge in [0.25, 0.3) is 0 Å². The Morgan fingerprint density at radius 2 is 2.42 bits per heavy atom. The molecule has 1 fully saturated rings. The molecule has 0 bridgehead atoms. The second-order valence-electron chi connectivity index (χ2n) is 2.96. The lowest BCUT2D eigenvalue weighted by molar-refractivity contribution is -0.147. The van der Waals surface area contributed by atoms with Crippen LogP contribution < -0.4 is 0 Å². The fourth-order valence-electron chi connectivity index (χ4n) is 1.46. The Hall–Kier alpha value is -1.06. The number of carbonyl (C=O) groups is 2. The van der Waals surface area contributed by atoms with E-state index in [1.54, 1.807) is 4.90 Å². The molecule has 0 spiro atoms. The summed E-state index contributed by atoms with van der Waals surface area (Å²) >= 11 is 0. The van der Waals surface area contributed by atoms with Crippen LogP contribution in [0.1, 0.15) is 12.8 Å². The number of methoxy groups -OCH3 is 1. The van der Waals surface area contributed by atoms with Gasteiger partial charge in [-0.25, -0.2) is 0 Å². The lowest BCUT2D eigenvalue weighted by Gasteiger charge is -2.27. The highest BCUT2D eigenvalue weighted by Crippen LogP contribution is 2.15. The molecule has 0 saturated carbocycles. The van der Waals surface area contributed by atoms with E-state index in [1.165, 1.54) is 7.11 Å². The van der Waals surface area contributed by atoms with E-state index in [2.05, 4.69) is 4.74 Å². The maximum absolute atomic E-state index is 11.1. The van der Waals surface area contributed by atoms with Crippen molar-refractivity contribution in [2.24, 2.45) is 5.92 Å². The molecule has 1 heterocycles. The first kappa shape index (κ1) is 9.03. The van der Waals surface area contributed by atoms with Crippen molar-refractivity contribution in [3.63, 3.8) is 0 Å². The van der Waals surface area contributed by atoms with E-state index in [4.69, 9.17) is 0 Å². The zero-order valence-electron chi connectivity index (χ0n) is 7.16. The summed E-state index contributed by atoms with van der Waals surface area (Å²) < 4.78 is 4.60. The van der Waals surface area contributed by atoms with Crippen LogP contribution in [0.3, 0.4) is 0 Å². The van der Waals surface area contributed by atoms with Crippen molar-refractivity contribution in [2.45, 2.75) is 12.8 Å². The average molecular weight is 171 g/mol. The summed E-state index contributed by atoms with van der Waals surface area (Å²) in [6, 6.07) is 0. The minimum Gasteiger partial charge on any atom is -0.469 e. The summed E-state index contributed by atoms with van der Waals surface area (Å²) in [6.45, 7) is 1.27. The molecule has 1 atom stereocenters. The molecule has 0 aromatic carbocycles. The van der Waals surface area contributed by atoms with Gasteiger partial charge in [-0.3, -0.25) is 9.59 Å². The summed E-state index contributed by atoms with van der Waals surface area (Å²) in [5.74, 6) is -0.324. The molecule has 12 heavy (non-hydrogen) atoms. The molecular formula is C8H13NO3. The standard InChI is InChI=1S/C8H13NO3/c1-12-8(11)7-3-2-4-9(5-7)6-10/h6-7H,2-5H2,1H3/t7-/m0/s1. The summed E-state index contributed by atoms with van der Waals surface area (Å²) in [7, 11) is 1.38. The highest BCUT2D eigenvalue weighted by Gasteiger charge is 2.25. The van der Waals surface area contributed by atoms with E-state index < -0.39 is 0 Å². The molecule has 0 unspecified atom stereocenters. The second kappa shape index (κ2) is 4.09. The molecular weight excluding hydrogens is 158 g/mol. The van der Waals surface area contributed by atoms with Crippen LogP contribution in [-0.4, -0.2) is 37.5 Å². The van der Waals surface area contributed by atoms with Crippen molar-refractivity contribution in [1.29, 1.82) is 0 Å². The average Bonchev–Trinajstić information content (AvgIpc) is 2.17. The molecule has 4 nitrogen and oxygen atoms in total. The summed E-state index contributed by atoms with van der Waals surface area (Å²) in [4.78, 5) is 23.1. The van der Waals surface area contributed by atoms with Gasteiger partial charge in [0.15, 0.2) is 0 Å². The van der Waals surface area contributed by atoms with Crippen LogP contribution in [0, 0.1) is 5.92 Å². The van der Waals surface area contributed by atoms with Gasteiger partial charge >= 0.3 is 5.97 Å². The van der Waals surface area contributed by atoms with E-state index in [-0.39, 0.29) is 11.9 Å². The summed E-state index contributed by atoms with van der Waals surface area (Å²) in [5, 5.41) is 0. The lowest BCUT2D eigenvalue weighted by atomic mass is 9.99. The number of ether oxygens (including phenoxy) is 1. The van der Waals surface area contributed by atoms with Crippen molar-refractivity contribution in [3.8, 4) is 0 Å². The number of esters is 1. The normalized spacial score (nSPS) is 23.4. The smallest absolute Gasteiger partial charge is 0.310 e. The van der Waals surface area contributed by atoms with Crippen molar-refractivity contribution < 1.29 is 14.3 Å². The van der Waals surface area contributed by atoms with Gasteiger partial charge in [-0.2, -0.15) is 0 Å². The number of amides is 1. The van der Waals surface area contributed by atoms with Crippen molar-refractivity contribution in [1.82, 2.24) is 4.90 Å². The monoisotopic (exact) mass is 171 g/mol. The van der Waals surface area contributed by atoms with Gasteiger partial charge in [0.1, 0.15) is 0 Å². The summed E-state index contributed by atoms with van der Waals surface area (Å²) in [6.07, 6.45) is 2.50. The maximum atomic E-state index is 11.1. The highest BCUT2D eigenvalue weighted by atomic mass is 16.5. The lowest BCUT2D eigenvalue weighted by Crippen LogP contribution is -2.38. The molecule has 68 valence electrons. The van der Waals surface area contributed by atoms with Gasteiger partial charge in [-0.1, -0.05) is 0 Å². The highest BCUT2D eigenvalue weighted by molar-refractivity contribution is 5.73. The van der Waals surface area contributed by atoms with E-state index in [1.807, 2.05) is 0 Å². The van der Waals surface area contributed by atoms with E-state index in [9.17, 15) is 9.59 Å². The molecule has 0 radical (unpaired) electrons. The Bertz CT molecular complexity index is 181. The molecule has 0 aromatic rings. The number of hydrogen-bond donors (Lipinski definition) is 0. The van der Waals surface area contributed by atoms with Crippen LogP contribution in [0.4, 0.5) is 0 Å². The SMILES string of the molecule is COC(=O)[C@H]1CCCN(C=O)C1. The van der Waals surface area contributed by atoms with E-state index in [0.29, 0.717) is 6.54 Å². The van der Waals surface area contributed by atoms with Crippen LogP contribution >= 0.6 is 0 Å². The summed E-state index contributed by atoms with van der Waals surface area (Å²) in [5.41, 5.74) is 0. The molecule has 1 aliphatic heterocycles. The van der Waals surface area contributed by atoms with Crippen LogP contribution in [0.25, 0.3) is 0 Å². The van der Waals surface area contributed by atoms with Crippen molar-refractivity contribution >= 4 is 12.4 Å². The Labute approximate surface area is 71.5 Å². The van der Waals surface area contributed by atoms with Crippen LogP contribution in [0.15, 0.2) is 0 Å². The van der Waals surface area contributed by atoms with Gasteiger partial charge in [0, 0.05) is 13.1 Å².